The van der Waals surface area contributed by atoms with Crippen LogP contribution in [0.4, 0.5) is 0 Å². The van der Waals surface area contributed by atoms with E-state index < -0.39 is 0 Å². The van der Waals surface area contributed by atoms with Gasteiger partial charge in [-0.3, -0.25) is 9.78 Å². The number of pyridine rings is 1. The fourth-order valence-electron chi connectivity index (χ4n) is 2.25. The molecule has 1 saturated carbocycles. The summed E-state index contributed by atoms with van der Waals surface area (Å²) in [5.74, 6) is -0.0625. The Labute approximate surface area is 107 Å². The maximum absolute atomic E-state index is 12.1. The number of halogens is 1. The first-order chi connectivity index (χ1) is 8.08. The van der Waals surface area contributed by atoms with Crippen LogP contribution in [0, 0.1) is 13.8 Å². The van der Waals surface area contributed by atoms with E-state index in [0.717, 1.165) is 30.7 Å². The summed E-state index contributed by atoms with van der Waals surface area (Å²) in [6.07, 6.45) is 3.04. The Morgan fingerprint density at radius 2 is 2.18 bits per heavy atom. The van der Waals surface area contributed by atoms with Crippen LogP contribution in [0.15, 0.2) is 12.1 Å². The molecule has 0 bridgehead atoms. The molecule has 0 aliphatic heterocycles. The van der Waals surface area contributed by atoms with Crippen LogP contribution in [0.2, 0.25) is 0 Å². The van der Waals surface area contributed by atoms with E-state index >= 15 is 0 Å². The predicted molar refractivity (Wildman–Crippen MR) is 68.5 cm³/mol. The topological polar surface area (TPSA) is 42.0 Å². The lowest BCUT2D eigenvalue weighted by atomic mass is 10.1. The van der Waals surface area contributed by atoms with E-state index in [0.29, 0.717) is 5.56 Å². The minimum Gasteiger partial charge on any atom is -0.348 e. The number of nitrogens with zero attached hydrogens (tertiary/aromatic N) is 1. The van der Waals surface area contributed by atoms with E-state index in [1.807, 2.05) is 26.0 Å². The van der Waals surface area contributed by atoms with Crippen LogP contribution in [0.5, 0.6) is 0 Å². The van der Waals surface area contributed by atoms with E-state index in [2.05, 4.69) is 10.3 Å². The molecule has 1 aromatic rings. The van der Waals surface area contributed by atoms with E-state index in [1.54, 1.807) is 0 Å². The van der Waals surface area contributed by atoms with Crippen molar-refractivity contribution in [3.8, 4) is 0 Å². The molecular weight excluding hydrogens is 236 g/mol. The van der Waals surface area contributed by atoms with Crippen LogP contribution in [0.1, 0.15) is 41.0 Å². The van der Waals surface area contributed by atoms with Crippen molar-refractivity contribution in [2.75, 3.05) is 0 Å². The van der Waals surface area contributed by atoms with Gasteiger partial charge in [0.05, 0.1) is 16.6 Å². The third kappa shape index (κ3) is 2.78. The largest absolute Gasteiger partial charge is 0.348 e. The van der Waals surface area contributed by atoms with Gasteiger partial charge in [-0.05, 0) is 45.2 Å². The molecule has 17 heavy (non-hydrogen) atoms. The van der Waals surface area contributed by atoms with Crippen LogP contribution in [0.3, 0.4) is 0 Å². The molecule has 2 atom stereocenters. The second-order valence-electron chi connectivity index (χ2n) is 4.61. The van der Waals surface area contributed by atoms with Gasteiger partial charge in [-0.25, -0.2) is 0 Å². The van der Waals surface area contributed by atoms with E-state index in [-0.39, 0.29) is 17.3 Å². The summed E-state index contributed by atoms with van der Waals surface area (Å²) in [6, 6.07) is 3.78. The number of hydrogen-bond acceptors (Lipinski definition) is 2. The molecule has 1 aliphatic carbocycles. The van der Waals surface area contributed by atoms with E-state index in [9.17, 15) is 4.79 Å². The smallest absolute Gasteiger partial charge is 0.253 e. The second-order valence-corrected chi connectivity index (χ2v) is 5.17. The van der Waals surface area contributed by atoms with Gasteiger partial charge in [0, 0.05) is 11.7 Å². The Kier molecular flexibility index (Phi) is 3.67. The van der Waals surface area contributed by atoms with Gasteiger partial charge in [-0.2, -0.15) is 0 Å². The molecule has 0 radical (unpaired) electrons. The number of hydrogen-bond donors (Lipinski definition) is 1. The molecule has 1 amide bonds. The van der Waals surface area contributed by atoms with Crippen molar-refractivity contribution < 1.29 is 4.79 Å². The van der Waals surface area contributed by atoms with Gasteiger partial charge in [-0.15, -0.1) is 11.6 Å². The van der Waals surface area contributed by atoms with Crippen LogP contribution in [-0.4, -0.2) is 22.3 Å². The summed E-state index contributed by atoms with van der Waals surface area (Å²) in [4.78, 5) is 16.4. The Hall–Kier alpha value is -1.09. The van der Waals surface area contributed by atoms with Crippen molar-refractivity contribution in [2.45, 2.75) is 44.5 Å². The summed E-state index contributed by atoms with van der Waals surface area (Å²) >= 11 is 6.14. The number of rotatable bonds is 2. The first kappa shape index (κ1) is 12.4. The first-order valence-corrected chi connectivity index (χ1v) is 6.41. The molecule has 4 heteroatoms. The molecule has 2 rings (SSSR count). The van der Waals surface area contributed by atoms with Crippen LogP contribution in [0.25, 0.3) is 0 Å². The molecule has 2 unspecified atom stereocenters. The Morgan fingerprint density at radius 1 is 1.41 bits per heavy atom. The maximum atomic E-state index is 12.1. The fourth-order valence-corrected chi connectivity index (χ4v) is 2.59. The molecule has 1 heterocycles. The standard InChI is InChI=1S/C13H17ClN2O/c1-8-6-7-10(9(2)15-8)13(17)16-12-5-3-4-11(12)14/h6-7,11-12H,3-5H2,1-2H3,(H,16,17). The van der Waals surface area contributed by atoms with Gasteiger partial charge in [0.25, 0.3) is 5.91 Å². The molecule has 92 valence electrons. The molecule has 0 saturated heterocycles. The first-order valence-electron chi connectivity index (χ1n) is 5.97. The number of aromatic nitrogens is 1. The number of carbonyl (C=O) groups excluding carboxylic acids is 1. The molecule has 3 nitrogen and oxygen atoms in total. The van der Waals surface area contributed by atoms with Crippen molar-refractivity contribution in [3.63, 3.8) is 0 Å². The molecule has 0 aromatic carbocycles. The third-order valence-corrected chi connectivity index (χ3v) is 3.74. The zero-order valence-electron chi connectivity index (χ0n) is 10.2. The summed E-state index contributed by atoms with van der Waals surface area (Å²) in [7, 11) is 0. The highest BCUT2D eigenvalue weighted by atomic mass is 35.5. The maximum Gasteiger partial charge on any atom is 0.253 e. The summed E-state index contributed by atoms with van der Waals surface area (Å²) in [5.41, 5.74) is 2.34. The minimum absolute atomic E-state index is 0.0625. The lowest BCUT2D eigenvalue weighted by Crippen LogP contribution is -2.38. The Morgan fingerprint density at radius 3 is 2.76 bits per heavy atom. The zero-order chi connectivity index (χ0) is 12.4. The van der Waals surface area contributed by atoms with Gasteiger partial charge in [0.15, 0.2) is 0 Å². The average Bonchev–Trinajstić information content (AvgIpc) is 2.64. The summed E-state index contributed by atoms with van der Waals surface area (Å²) in [5, 5.41) is 3.06. The fraction of sp³-hybridized carbons (Fsp3) is 0.538. The van der Waals surface area contributed by atoms with Crippen LogP contribution in [-0.2, 0) is 0 Å². The van der Waals surface area contributed by atoms with Gasteiger partial charge in [0.1, 0.15) is 0 Å². The molecule has 1 N–H and O–H groups in total. The van der Waals surface area contributed by atoms with Gasteiger partial charge in [-0.1, -0.05) is 0 Å². The highest BCUT2D eigenvalue weighted by molar-refractivity contribution is 6.21. The molecule has 1 aliphatic rings. The number of amides is 1. The molecule has 1 fully saturated rings. The van der Waals surface area contributed by atoms with Crippen LogP contribution < -0.4 is 5.32 Å². The lowest BCUT2D eigenvalue weighted by Gasteiger charge is -2.16. The SMILES string of the molecule is Cc1ccc(C(=O)NC2CCCC2Cl)c(C)n1. The number of aryl methyl sites for hydroxylation is 2. The van der Waals surface area contributed by atoms with Gasteiger partial charge >= 0.3 is 0 Å². The Bertz CT molecular complexity index is 433. The van der Waals surface area contributed by atoms with Crippen molar-refractivity contribution >= 4 is 17.5 Å². The van der Waals surface area contributed by atoms with Crippen molar-refractivity contribution in [1.82, 2.24) is 10.3 Å². The van der Waals surface area contributed by atoms with Crippen molar-refractivity contribution in [1.29, 1.82) is 0 Å². The Balaban J connectivity index is 2.09. The normalized spacial score (nSPS) is 23.7. The van der Waals surface area contributed by atoms with E-state index in [1.165, 1.54) is 0 Å². The zero-order valence-corrected chi connectivity index (χ0v) is 10.9. The van der Waals surface area contributed by atoms with Crippen molar-refractivity contribution in [2.24, 2.45) is 0 Å². The highest BCUT2D eigenvalue weighted by Crippen LogP contribution is 2.24. The predicted octanol–water partition coefficient (Wildman–Crippen LogP) is 2.59. The number of nitrogens with one attached hydrogen (secondary N) is 1. The van der Waals surface area contributed by atoms with Gasteiger partial charge in [0.2, 0.25) is 0 Å². The second kappa shape index (κ2) is 5.05. The quantitative estimate of drug-likeness (QED) is 0.822. The highest BCUT2D eigenvalue weighted by Gasteiger charge is 2.27. The van der Waals surface area contributed by atoms with Crippen LogP contribution >= 0.6 is 11.6 Å². The molecule has 1 aromatic heterocycles. The minimum atomic E-state index is -0.0625. The van der Waals surface area contributed by atoms with Gasteiger partial charge < -0.3 is 5.32 Å². The third-order valence-electron chi connectivity index (χ3n) is 3.22. The number of alkyl halides is 1. The summed E-state index contributed by atoms with van der Waals surface area (Å²) in [6.45, 7) is 3.77. The summed E-state index contributed by atoms with van der Waals surface area (Å²) < 4.78 is 0. The van der Waals surface area contributed by atoms with E-state index in [4.69, 9.17) is 11.6 Å². The average molecular weight is 253 g/mol. The molecular formula is C13H17ClN2O. The monoisotopic (exact) mass is 252 g/mol. The lowest BCUT2D eigenvalue weighted by molar-refractivity contribution is 0.0937. The molecule has 0 spiro atoms. The number of carbonyl (C=O) groups is 1. The van der Waals surface area contributed by atoms with Crippen molar-refractivity contribution in [3.05, 3.63) is 29.1 Å².